The molecular weight excluding hydrogens is 350 g/mol. The van der Waals surface area contributed by atoms with E-state index in [1.807, 2.05) is 68.4 Å². The molecule has 2 N–H and O–H groups in total. The maximum absolute atomic E-state index is 12.4. The largest absolute Gasteiger partial charge is 0.494 e. The second-order valence-corrected chi connectivity index (χ2v) is 6.40. The predicted molar refractivity (Wildman–Crippen MR) is 115 cm³/mol. The predicted octanol–water partition coefficient (Wildman–Crippen LogP) is 4.58. The fourth-order valence-electron chi connectivity index (χ4n) is 2.90. The number of hydrogen-bond donors (Lipinski definition) is 2. The molecule has 5 nitrogen and oxygen atoms in total. The number of nitrogens with zero attached hydrogens (tertiary/aromatic N) is 1. The Morgan fingerprint density at radius 2 is 1.79 bits per heavy atom. The number of ether oxygens (including phenoxy) is 1. The average molecular weight is 375 g/mol. The molecule has 1 atom stereocenters. The van der Waals surface area contributed by atoms with E-state index < -0.39 is 0 Å². The summed E-state index contributed by atoms with van der Waals surface area (Å²) in [5.74, 6) is 0.638. The fraction of sp³-hybridized carbons (Fsp3) is 0.217. The Bertz CT molecular complexity index is 951. The Morgan fingerprint density at radius 3 is 2.50 bits per heavy atom. The second kappa shape index (κ2) is 9.55. The van der Waals surface area contributed by atoms with E-state index in [9.17, 15) is 4.79 Å². The third-order valence-electron chi connectivity index (χ3n) is 4.39. The summed E-state index contributed by atoms with van der Waals surface area (Å²) in [6, 6.07) is 21.4. The number of fused-ring (bicyclic) bond motifs is 1. The van der Waals surface area contributed by atoms with Crippen LogP contribution in [0.25, 0.3) is 10.8 Å². The molecule has 3 rings (SSSR count). The van der Waals surface area contributed by atoms with Gasteiger partial charge in [-0.15, -0.1) is 0 Å². The molecule has 0 aliphatic rings. The van der Waals surface area contributed by atoms with E-state index in [2.05, 4.69) is 28.0 Å². The van der Waals surface area contributed by atoms with Crippen LogP contribution in [0.2, 0.25) is 0 Å². The van der Waals surface area contributed by atoms with Crippen molar-refractivity contribution < 1.29 is 9.53 Å². The van der Waals surface area contributed by atoms with Crippen LogP contribution in [0.1, 0.15) is 25.8 Å². The van der Waals surface area contributed by atoms with Crippen molar-refractivity contribution in [3.63, 3.8) is 0 Å². The van der Waals surface area contributed by atoms with Gasteiger partial charge >= 0.3 is 0 Å². The average Bonchev–Trinajstić information content (AvgIpc) is 2.73. The smallest absolute Gasteiger partial charge is 0.262 e. The molecule has 0 saturated carbocycles. The lowest BCUT2D eigenvalue weighted by atomic mass is 10.1. The minimum absolute atomic E-state index is 0.173. The van der Waals surface area contributed by atoms with Crippen molar-refractivity contribution >= 4 is 28.6 Å². The Morgan fingerprint density at radius 1 is 1.04 bits per heavy atom. The van der Waals surface area contributed by atoms with Crippen LogP contribution >= 0.6 is 0 Å². The van der Waals surface area contributed by atoms with Gasteiger partial charge in [0.05, 0.1) is 12.8 Å². The fourth-order valence-corrected chi connectivity index (χ4v) is 2.90. The zero-order valence-electron chi connectivity index (χ0n) is 16.2. The summed E-state index contributed by atoms with van der Waals surface area (Å²) in [4.78, 5) is 12.4. The molecule has 144 valence electrons. The molecule has 0 saturated heterocycles. The molecule has 0 heterocycles. The van der Waals surface area contributed by atoms with Crippen molar-refractivity contribution in [3.05, 3.63) is 72.3 Å². The molecule has 28 heavy (non-hydrogen) atoms. The number of benzene rings is 3. The summed E-state index contributed by atoms with van der Waals surface area (Å²) < 4.78 is 5.44. The molecule has 0 spiro atoms. The van der Waals surface area contributed by atoms with Gasteiger partial charge < -0.3 is 10.1 Å². The number of anilines is 1. The van der Waals surface area contributed by atoms with Crippen LogP contribution in [0.4, 0.5) is 5.69 Å². The first-order valence-corrected chi connectivity index (χ1v) is 9.50. The number of hydrogen-bond acceptors (Lipinski definition) is 4. The third kappa shape index (κ3) is 5.10. The van der Waals surface area contributed by atoms with Crippen LogP contribution in [-0.4, -0.2) is 24.8 Å². The van der Waals surface area contributed by atoms with Crippen LogP contribution in [-0.2, 0) is 4.79 Å². The van der Waals surface area contributed by atoms with E-state index in [4.69, 9.17) is 4.74 Å². The van der Waals surface area contributed by atoms with Gasteiger partial charge in [-0.3, -0.25) is 4.79 Å². The molecule has 1 unspecified atom stereocenters. The highest BCUT2D eigenvalue weighted by atomic mass is 16.5. The minimum Gasteiger partial charge on any atom is -0.494 e. The zero-order chi connectivity index (χ0) is 19.8. The molecule has 0 aromatic heterocycles. The summed E-state index contributed by atoms with van der Waals surface area (Å²) in [6.07, 6.45) is 2.30. The lowest BCUT2D eigenvalue weighted by Gasteiger charge is -2.16. The Labute approximate surface area is 165 Å². The third-order valence-corrected chi connectivity index (χ3v) is 4.39. The number of hydrazone groups is 1. The molecule has 3 aromatic rings. The quantitative estimate of drug-likeness (QED) is 0.447. The van der Waals surface area contributed by atoms with Gasteiger partial charge in [0, 0.05) is 5.69 Å². The molecule has 0 bridgehead atoms. The second-order valence-electron chi connectivity index (χ2n) is 6.40. The summed E-state index contributed by atoms with van der Waals surface area (Å²) in [6.45, 7) is 4.53. The van der Waals surface area contributed by atoms with Gasteiger partial charge in [0.15, 0.2) is 0 Å². The molecule has 3 aromatic carbocycles. The molecule has 0 aliphatic heterocycles. The van der Waals surface area contributed by atoms with Crippen molar-refractivity contribution in [2.24, 2.45) is 5.10 Å². The first-order chi connectivity index (χ1) is 13.7. The van der Waals surface area contributed by atoms with E-state index in [1.54, 1.807) is 6.21 Å². The van der Waals surface area contributed by atoms with Gasteiger partial charge in [0.2, 0.25) is 0 Å². The molecule has 1 amide bonds. The maximum Gasteiger partial charge on any atom is 0.262 e. The lowest BCUT2D eigenvalue weighted by molar-refractivity contribution is -0.121. The Balaban J connectivity index is 1.58. The van der Waals surface area contributed by atoms with Gasteiger partial charge in [0.1, 0.15) is 11.8 Å². The summed E-state index contributed by atoms with van der Waals surface area (Å²) >= 11 is 0. The van der Waals surface area contributed by atoms with Crippen molar-refractivity contribution in [2.45, 2.75) is 26.3 Å². The Kier molecular flexibility index (Phi) is 6.63. The van der Waals surface area contributed by atoms with Gasteiger partial charge in [0.25, 0.3) is 5.91 Å². The van der Waals surface area contributed by atoms with Crippen LogP contribution in [0.15, 0.2) is 71.8 Å². The van der Waals surface area contributed by atoms with Gasteiger partial charge in [-0.25, -0.2) is 5.43 Å². The van der Waals surface area contributed by atoms with Crippen molar-refractivity contribution in [3.8, 4) is 5.75 Å². The first kappa shape index (κ1) is 19.4. The lowest BCUT2D eigenvalue weighted by Crippen LogP contribution is -2.36. The van der Waals surface area contributed by atoms with Crippen LogP contribution in [0.5, 0.6) is 5.75 Å². The van der Waals surface area contributed by atoms with Gasteiger partial charge in [-0.1, -0.05) is 43.3 Å². The normalized spacial score (nSPS) is 12.1. The van der Waals surface area contributed by atoms with Crippen LogP contribution < -0.4 is 15.5 Å². The number of nitrogens with one attached hydrogen (secondary N) is 2. The topological polar surface area (TPSA) is 62.7 Å². The number of carbonyl (C=O) groups excluding carboxylic acids is 1. The van der Waals surface area contributed by atoms with E-state index in [-0.39, 0.29) is 11.9 Å². The van der Waals surface area contributed by atoms with Crippen molar-refractivity contribution in [2.75, 3.05) is 11.9 Å². The molecular formula is C23H25N3O2. The number of amides is 1. The van der Waals surface area contributed by atoms with Crippen LogP contribution in [0, 0.1) is 0 Å². The molecule has 0 radical (unpaired) electrons. The SMILES string of the molecule is CCOc1ccc(NC(CC)C(=O)N/N=C/c2ccc3ccccc3c2)cc1. The minimum atomic E-state index is -0.369. The molecule has 0 aliphatic carbocycles. The zero-order valence-corrected chi connectivity index (χ0v) is 16.2. The van der Waals surface area contributed by atoms with E-state index in [1.165, 1.54) is 5.39 Å². The summed E-state index contributed by atoms with van der Waals surface area (Å²) in [5, 5.41) is 9.66. The van der Waals surface area contributed by atoms with E-state index in [0.717, 1.165) is 22.4 Å². The summed E-state index contributed by atoms with van der Waals surface area (Å²) in [5.41, 5.74) is 4.43. The monoisotopic (exact) mass is 375 g/mol. The maximum atomic E-state index is 12.4. The molecule has 0 fully saturated rings. The Hall–Kier alpha value is -3.34. The molecule has 5 heteroatoms. The van der Waals surface area contributed by atoms with Crippen molar-refractivity contribution in [1.29, 1.82) is 0 Å². The summed E-state index contributed by atoms with van der Waals surface area (Å²) in [7, 11) is 0. The van der Waals surface area contributed by atoms with Crippen molar-refractivity contribution in [1.82, 2.24) is 5.43 Å². The van der Waals surface area contributed by atoms with Gasteiger partial charge in [-0.2, -0.15) is 5.10 Å². The standard InChI is InChI=1S/C23H25N3O2/c1-3-22(25-20-11-13-21(14-12-20)28-4-2)23(27)26-24-16-17-9-10-18-7-5-6-8-19(18)15-17/h5-16,22,25H,3-4H2,1-2H3,(H,26,27)/b24-16+. The first-order valence-electron chi connectivity index (χ1n) is 9.50. The van der Waals surface area contributed by atoms with Crippen LogP contribution in [0.3, 0.4) is 0 Å². The highest BCUT2D eigenvalue weighted by Crippen LogP contribution is 2.17. The van der Waals surface area contributed by atoms with E-state index in [0.29, 0.717) is 13.0 Å². The number of rotatable bonds is 8. The highest BCUT2D eigenvalue weighted by Gasteiger charge is 2.15. The number of carbonyl (C=O) groups is 1. The van der Waals surface area contributed by atoms with E-state index >= 15 is 0 Å². The van der Waals surface area contributed by atoms with Gasteiger partial charge in [-0.05, 0) is 60.0 Å². The highest BCUT2D eigenvalue weighted by molar-refractivity contribution is 5.91.